The van der Waals surface area contributed by atoms with Crippen LogP contribution in [-0.4, -0.2) is 19.4 Å². The van der Waals surface area contributed by atoms with Gasteiger partial charge in [-0.15, -0.1) is 0 Å². The van der Waals surface area contributed by atoms with Crippen molar-refractivity contribution in [1.82, 2.24) is 19.4 Å². The molecule has 0 aliphatic carbocycles. The topological polar surface area (TPSA) is 43.1 Å². The van der Waals surface area contributed by atoms with Gasteiger partial charge >= 0.3 is 0 Å². The average Bonchev–Trinajstić information content (AvgIpc) is 2.95. The molecule has 3 aromatic heterocycles. The van der Waals surface area contributed by atoms with Crippen LogP contribution in [0, 0.1) is 0 Å². The highest BCUT2D eigenvalue weighted by atomic mass is 15.0. The van der Waals surface area contributed by atoms with Gasteiger partial charge in [0.25, 0.3) is 0 Å². The molecule has 3 heterocycles. The molecule has 4 rings (SSSR count). The van der Waals surface area contributed by atoms with Gasteiger partial charge in [-0.1, -0.05) is 18.2 Å². The lowest BCUT2D eigenvalue weighted by molar-refractivity contribution is 0.888. The molecule has 0 fully saturated rings. The number of hydrogen-bond donors (Lipinski definition) is 0. The Hall–Kier alpha value is -2.75. The van der Waals surface area contributed by atoms with Crippen molar-refractivity contribution in [2.24, 2.45) is 0 Å². The van der Waals surface area contributed by atoms with Crippen molar-refractivity contribution in [3.05, 3.63) is 72.4 Å². The smallest absolute Gasteiger partial charge is 0.136 e. The van der Waals surface area contributed by atoms with Gasteiger partial charge in [0.05, 0.1) is 22.4 Å². The van der Waals surface area contributed by atoms with Crippen LogP contribution >= 0.6 is 0 Å². The summed E-state index contributed by atoms with van der Waals surface area (Å²) in [4.78, 5) is 13.7. The van der Waals surface area contributed by atoms with Crippen molar-refractivity contribution >= 4 is 16.7 Å². The van der Waals surface area contributed by atoms with E-state index in [-0.39, 0.29) is 0 Å². The van der Waals surface area contributed by atoms with Crippen molar-refractivity contribution in [2.45, 2.75) is 12.8 Å². The van der Waals surface area contributed by atoms with Crippen LogP contribution < -0.4 is 0 Å². The quantitative estimate of drug-likeness (QED) is 0.576. The third-order valence-electron chi connectivity index (χ3n) is 3.55. The van der Waals surface area contributed by atoms with E-state index in [1.807, 2.05) is 59.3 Å². The highest BCUT2D eigenvalue weighted by molar-refractivity contribution is 5.73. The first-order valence-corrected chi connectivity index (χ1v) is 7.02. The van der Waals surface area contributed by atoms with Gasteiger partial charge in [-0.3, -0.25) is 4.98 Å². The van der Waals surface area contributed by atoms with Crippen LogP contribution in [0.15, 0.2) is 61.1 Å². The van der Waals surface area contributed by atoms with Crippen LogP contribution in [0.2, 0.25) is 0 Å². The predicted molar refractivity (Wildman–Crippen MR) is 82.1 cm³/mol. The maximum Gasteiger partial charge on any atom is 0.136 e. The molecule has 4 nitrogen and oxygen atoms in total. The fourth-order valence-electron chi connectivity index (χ4n) is 2.48. The monoisotopic (exact) mass is 274 g/mol. The van der Waals surface area contributed by atoms with Gasteiger partial charge in [-0.05, 0) is 37.1 Å². The predicted octanol–water partition coefficient (Wildman–Crippen LogP) is 3.06. The first kappa shape index (κ1) is 12.0. The standard InChI is InChI=1S/C17H14N4/c1-2-6-16-15(5-1)18-11-13(19-16)8-9-14-12-21-10-4-3-7-17(21)20-14/h1-7,10-12H,8-9H2. The van der Waals surface area contributed by atoms with Crippen molar-refractivity contribution in [3.63, 3.8) is 0 Å². The molecule has 21 heavy (non-hydrogen) atoms. The summed E-state index contributed by atoms with van der Waals surface area (Å²) in [5.41, 5.74) is 4.96. The van der Waals surface area contributed by atoms with Crippen LogP contribution in [0.3, 0.4) is 0 Å². The van der Waals surface area contributed by atoms with Crippen LogP contribution in [0.1, 0.15) is 11.4 Å². The Morgan fingerprint density at radius 3 is 2.52 bits per heavy atom. The minimum atomic E-state index is 0.849. The first-order valence-electron chi connectivity index (χ1n) is 7.02. The Bertz CT molecular complexity index is 878. The number of rotatable bonds is 3. The molecule has 0 amide bonds. The van der Waals surface area contributed by atoms with E-state index in [1.54, 1.807) is 0 Å². The molecule has 0 unspecified atom stereocenters. The number of aryl methyl sites for hydroxylation is 2. The summed E-state index contributed by atoms with van der Waals surface area (Å²) in [6, 6.07) is 14.0. The summed E-state index contributed by atoms with van der Waals surface area (Å²) >= 11 is 0. The molecular formula is C17H14N4. The number of aromatic nitrogens is 4. The third kappa shape index (κ3) is 2.36. The molecule has 0 bridgehead atoms. The fraction of sp³-hybridized carbons (Fsp3) is 0.118. The molecule has 1 aromatic carbocycles. The SMILES string of the molecule is c1ccc2nc(CCc3cn4ccccc4n3)cnc2c1. The second kappa shape index (κ2) is 4.98. The van der Waals surface area contributed by atoms with Crippen LogP contribution in [0.4, 0.5) is 0 Å². The zero-order valence-corrected chi connectivity index (χ0v) is 11.5. The maximum absolute atomic E-state index is 4.65. The summed E-state index contributed by atoms with van der Waals surface area (Å²) in [5, 5.41) is 0. The number of hydrogen-bond acceptors (Lipinski definition) is 3. The number of imidazole rings is 1. The molecule has 0 N–H and O–H groups in total. The Labute approximate surface area is 122 Å². The van der Waals surface area contributed by atoms with Gasteiger partial charge in [0.2, 0.25) is 0 Å². The summed E-state index contributed by atoms with van der Waals surface area (Å²) in [5.74, 6) is 0. The van der Waals surface area contributed by atoms with Crippen LogP contribution in [-0.2, 0) is 12.8 Å². The number of pyridine rings is 1. The number of fused-ring (bicyclic) bond motifs is 2. The minimum Gasteiger partial charge on any atom is -0.307 e. The molecule has 0 aliphatic rings. The Kier molecular flexibility index (Phi) is 2.85. The molecule has 0 saturated carbocycles. The number of nitrogens with zero attached hydrogens (tertiary/aromatic N) is 4. The van der Waals surface area contributed by atoms with E-state index in [4.69, 9.17) is 0 Å². The molecule has 102 valence electrons. The largest absolute Gasteiger partial charge is 0.307 e. The summed E-state index contributed by atoms with van der Waals surface area (Å²) in [6.07, 6.45) is 7.67. The van der Waals surface area contributed by atoms with Crippen LogP contribution in [0.25, 0.3) is 16.7 Å². The molecule has 0 atom stereocenters. The highest BCUT2D eigenvalue weighted by Gasteiger charge is 2.04. The molecule has 0 spiro atoms. The second-order valence-electron chi connectivity index (χ2n) is 5.05. The van der Waals surface area contributed by atoms with E-state index in [0.29, 0.717) is 0 Å². The van der Waals surface area contributed by atoms with Gasteiger partial charge in [-0.2, -0.15) is 0 Å². The lowest BCUT2D eigenvalue weighted by atomic mass is 10.2. The van der Waals surface area contributed by atoms with Crippen molar-refractivity contribution in [2.75, 3.05) is 0 Å². The second-order valence-corrected chi connectivity index (χ2v) is 5.05. The molecular weight excluding hydrogens is 260 g/mol. The van der Waals surface area contributed by atoms with Gasteiger partial charge in [-0.25, -0.2) is 9.97 Å². The lowest BCUT2D eigenvalue weighted by Crippen LogP contribution is -1.96. The van der Waals surface area contributed by atoms with E-state index in [9.17, 15) is 0 Å². The number of benzene rings is 1. The average molecular weight is 274 g/mol. The third-order valence-corrected chi connectivity index (χ3v) is 3.55. The van der Waals surface area contributed by atoms with Crippen LogP contribution in [0.5, 0.6) is 0 Å². The first-order chi connectivity index (χ1) is 10.4. The Morgan fingerprint density at radius 1 is 0.810 bits per heavy atom. The molecule has 0 saturated heterocycles. The Balaban J connectivity index is 1.57. The minimum absolute atomic E-state index is 0.849. The number of para-hydroxylation sites is 2. The van der Waals surface area contributed by atoms with E-state index in [0.717, 1.165) is 40.9 Å². The zero-order valence-electron chi connectivity index (χ0n) is 11.5. The van der Waals surface area contributed by atoms with Gasteiger partial charge < -0.3 is 4.40 Å². The summed E-state index contributed by atoms with van der Waals surface area (Å²) in [7, 11) is 0. The lowest BCUT2D eigenvalue weighted by Gasteiger charge is -2.00. The highest BCUT2D eigenvalue weighted by Crippen LogP contribution is 2.11. The van der Waals surface area contributed by atoms with Crippen molar-refractivity contribution < 1.29 is 0 Å². The maximum atomic E-state index is 4.65. The van der Waals surface area contributed by atoms with Gasteiger partial charge in [0.1, 0.15) is 5.65 Å². The molecule has 0 radical (unpaired) electrons. The van der Waals surface area contributed by atoms with E-state index in [1.165, 1.54) is 0 Å². The molecule has 4 heteroatoms. The van der Waals surface area contributed by atoms with E-state index >= 15 is 0 Å². The fourth-order valence-corrected chi connectivity index (χ4v) is 2.48. The van der Waals surface area contributed by atoms with Gasteiger partial charge in [0, 0.05) is 18.6 Å². The summed E-state index contributed by atoms with van der Waals surface area (Å²) in [6.45, 7) is 0. The van der Waals surface area contributed by atoms with Gasteiger partial charge in [0.15, 0.2) is 0 Å². The zero-order chi connectivity index (χ0) is 14.1. The normalized spacial score (nSPS) is 11.2. The van der Waals surface area contributed by atoms with Crippen molar-refractivity contribution in [3.8, 4) is 0 Å². The van der Waals surface area contributed by atoms with E-state index < -0.39 is 0 Å². The molecule has 0 aliphatic heterocycles. The van der Waals surface area contributed by atoms with Crippen molar-refractivity contribution in [1.29, 1.82) is 0 Å². The summed E-state index contributed by atoms with van der Waals surface area (Å²) < 4.78 is 2.04. The Morgan fingerprint density at radius 2 is 1.62 bits per heavy atom. The molecule has 4 aromatic rings. The van der Waals surface area contributed by atoms with E-state index in [2.05, 4.69) is 21.1 Å².